The number of carbonyl (C=O) groups is 1. The molecular weight excluding hydrogens is 256 g/mol. The van der Waals surface area contributed by atoms with Gasteiger partial charge in [0.2, 0.25) is 11.9 Å². The first kappa shape index (κ1) is 14.2. The van der Waals surface area contributed by atoms with Gasteiger partial charge in [0.05, 0.1) is 12.1 Å². The molecule has 1 atom stereocenters. The summed E-state index contributed by atoms with van der Waals surface area (Å²) in [7, 11) is 1.59. The lowest BCUT2D eigenvalue weighted by Crippen LogP contribution is -2.39. The molecule has 1 heterocycles. The van der Waals surface area contributed by atoms with Crippen LogP contribution in [0.2, 0.25) is 0 Å². The van der Waals surface area contributed by atoms with Gasteiger partial charge in [-0.1, -0.05) is 18.2 Å². The molecule has 0 bridgehead atoms. The number of carbonyl (C=O) groups excluding carboxylic acids is 1. The largest absolute Gasteiger partial charge is 0.383 e. The van der Waals surface area contributed by atoms with Crippen molar-refractivity contribution in [3.8, 4) is 0 Å². The molecule has 0 aliphatic carbocycles. The minimum Gasteiger partial charge on any atom is -0.383 e. The maximum Gasteiger partial charge on any atom is 0.242 e. The Morgan fingerprint density at radius 3 is 3.00 bits per heavy atom. The Labute approximate surface area is 117 Å². The molecule has 1 aromatic heterocycles. The fourth-order valence-corrected chi connectivity index (χ4v) is 1.73. The summed E-state index contributed by atoms with van der Waals surface area (Å²) in [6.45, 7) is 2.74. The minimum absolute atomic E-state index is 0.112. The number of fused-ring (bicyclic) bond motifs is 1. The molecule has 0 saturated carbocycles. The predicted octanol–water partition coefficient (Wildman–Crippen LogP) is 1.19. The molecule has 6 nitrogen and oxygen atoms in total. The third-order valence-electron chi connectivity index (χ3n) is 2.83. The van der Waals surface area contributed by atoms with Crippen molar-refractivity contribution in [2.45, 2.75) is 13.0 Å². The van der Waals surface area contributed by atoms with E-state index < -0.39 is 6.04 Å². The summed E-state index contributed by atoms with van der Waals surface area (Å²) in [6.07, 6.45) is 1.74. The lowest BCUT2D eigenvalue weighted by molar-refractivity contribution is -0.121. The number of nitrogens with one attached hydrogen (secondary N) is 2. The molecule has 2 aromatic rings. The molecule has 0 fully saturated rings. The molecule has 6 heteroatoms. The van der Waals surface area contributed by atoms with Crippen molar-refractivity contribution in [1.82, 2.24) is 15.3 Å². The summed E-state index contributed by atoms with van der Waals surface area (Å²) in [4.78, 5) is 20.4. The Hall–Kier alpha value is -2.21. The van der Waals surface area contributed by atoms with Crippen molar-refractivity contribution < 1.29 is 9.53 Å². The average molecular weight is 274 g/mol. The molecule has 20 heavy (non-hydrogen) atoms. The zero-order valence-corrected chi connectivity index (χ0v) is 11.6. The van der Waals surface area contributed by atoms with Gasteiger partial charge in [-0.3, -0.25) is 4.79 Å². The van der Waals surface area contributed by atoms with Crippen LogP contribution in [0.5, 0.6) is 0 Å². The molecule has 0 saturated heterocycles. The molecule has 1 unspecified atom stereocenters. The van der Waals surface area contributed by atoms with Crippen LogP contribution in [0.15, 0.2) is 30.5 Å². The van der Waals surface area contributed by atoms with Gasteiger partial charge in [-0.05, 0) is 13.0 Å². The Balaban J connectivity index is 1.98. The van der Waals surface area contributed by atoms with E-state index in [2.05, 4.69) is 20.6 Å². The van der Waals surface area contributed by atoms with E-state index >= 15 is 0 Å². The van der Waals surface area contributed by atoms with E-state index in [4.69, 9.17) is 4.74 Å². The number of nitrogens with zero attached hydrogens (tertiary/aromatic N) is 2. The Kier molecular flexibility index (Phi) is 4.84. The van der Waals surface area contributed by atoms with Gasteiger partial charge in [-0.25, -0.2) is 9.97 Å². The standard InChI is InChI=1S/C14H18N4O2/c1-10(13(19)15-7-8-20-2)17-14-16-9-11-5-3-4-6-12(11)18-14/h3-6,9-10H,7-8H2,1-2H3,(H,15,19)(H,16,17,18). The highest BCUT2D eigenvalue weighted by molar-refractivity contribution is 5.84. The number of hydrogen-bond acceptors (Lipinski definition) is 5. The van der Waals surface area contributed by atoms with E-state index in [0.717, 1.165) is 10.9 Å². The molecule has 2 N–H and O–H groups in total. The summed E-state index contributed by atoms with van der Waals surface area (Å²) in [5.41, 5.74) is 0.844. The molecule has 1 aromatic carbocycles. The van der Waals surface area contributed by atoms with Crippen LogP contribution >= 0.6 is 0 Å². The molecule has 0 aliphatic heterocycles. The van der Waals surface area contributed by atoms with Crippen molar-refractivity contribution in [2.24, 2.45) is 0 Å². The normalized spacial score (nSPS) is 12.1. The fraction of sp³-hybridized carbons (Fsp3) is 0.357. The molecule has 2 rings (SSSR count). The zero-order chi connectivity index (χ0) is 14.4. The van der Waals surface area contributed by atoms with Crippen LogP contribution < -0.4 is 10.6 Å². The number of para-hydroxylation sites is 1. The SMILES string of the molecule is COCCNC(=O)C(C)Nc1ncc2ccccc2n1. The van der Waals surface area contributed by atoms with Gasteiger partial charge in [-0.15, -0.1) is 0 Å². The molecule has 1 amide bonds. The first-order chi connectivity index (χ1) is 9.70. The second-order valence-electron chi connectivity index (χ2n) is 4.40. The van der Waals surface area contributed by atoms with Crippen LogP contribution in [0.25, 0.3) is 10.9 Å². The number of hydrogen-bond donors (Lipinski definition) is 2. The van der Waals surface area contributed by atoms with Crippen molar-refractivity contribution in [2.75, 3.05) is 25.6 Å². The van der Waals surface area contributed by atoms with Crippen LogP contribution in [0.4, 0.5) is 5.95 Å². The smallest absolute Gasteiger partial charge is 0.242 e. The van der Waals surface area contributed by atoms with Crippen molar-refractivity contribution in [3.05, 3.63) is 30.5 Å². The van der Waals surface area contributed by atoms with E-state index in [9.17, 15) is 4.79 Å². The zero-order valence-electron chi connectivity index (χ0n) is 11.6. The van der Waals surface area contributed by atoms with Gasteiger partial charge in [0, 0.05) is 25.2 Å². The minimum atomic E-state index is -0.409. The number of anilines is 1. The molecule has 106 valence electrons. The maximum absolute atomic E-state index is 11.8. The summed E-state index contributed by atoms with van der Waals surface area (Å²) in [5.74, 6) is 0.330. The number of aromatic nitrogens is 2. The van der Waals surface area contributed by atoms with Crippen LogP contribution in [-0.4, -0.2) is 42.2 Å². The summed E-state index contributed by atoms with van der Waals surface area (Å²) < 4.78 is 4.88. The Morgan fingerprint density at radius 2 is 2.20 bits per heavy atom. The lowest BCUT2D eigenvalue weighted by Gasteiger charge is -2.14. The number of amides is 1. The van der Waals surface area contributed by atoms with Crippen LogP contribution in [0.1, 0.15) is 6.92 Å². The van der Waals surface area contributed by atoms with Gasteiger partial charge >= 0.3 is 0 Å². The van der Waals surface area contributed by atoms with Crippen molar-refractivity contribution in [3.63, 3.8) is 0 Å². The number of methoxy groups -OCH3 is 1. The van der Waals surface area contributed by atoms with Gasteiger partial charge < -0.3 is 15.4 Å². The highest BCUT2D eigenvalue weighted by Gasteiger charge is 2.13. The first-order valence-corrected chi connectivity index (χ1v) is 6.45. The topological polar surface area (TPSA) is 76.1 Å². The quantitative estimate of drug-likeness (QED) is 0.774. The molecule has 0 radical (unpaired) electrons. The van der Waals surface area contributed by atoms with Crippen LogP contribution in [-0.2, 0) is 9.53 Å². The van der Waals surface area contributed by atoms with E-state index in [1.54, 1.807) is 20.2 Å². The molecule has 0 spiro atoms. The van der Waals surface area contributed by atoms with Gasteiger partial charge in [0.1, 0.15) is 6.04 Å². The number of rotatable bonds is 6. The van der Waals surface area contributed by atoms with E-state index in [0.29, 0.717) is 19.1 Å². The summed E-state index contributed by atoms with van der Waals surface area (Å²) in [5, 5.41) is 6.71. The Bertz CT molecular complexity index is 588. The second-order valence-corrected chi connectivity index (χ2v) is 4.40. The highest BCUT2D eigenvalue weighted by Crippen LogP contribution is 2.12. The van der Waals surface area contributed by atoms with Crippen LogP contribution in [0, 0.1) is 0 Å². The highest BCUT2D eigenvalue weighted by atomic mass is 16.5. The maximum atomic E-state index is 11.8. The monoisotopic (exact) mass is 274 g/mol. The van der Waals surface area contributed by atoms with E-state index in [1.807, 2.05) is 24.3 Å². The van der Waals surface area contributed by atoms with Crippen molar-refractivity contribution >= 4 is 22.8 Å². The Morgan fingerprint density at radius 1 is 1.40 bits per heavy atom. The second kappa shape index (κ2) is 6.81. The predicted molar refractivity (Wildman–Crippen MR) is 77.5 cm³/mol. The molecular formula is C14H18N4O2. The summed E-state index contributed by atoms with van der Waals surface area (Å²) >= 11 is 0. The number of ether oxygens (including phenoxy) is 1. The van der Waals surface area contributed by atoms with Gasteiger partial charge in [0.15, 0.2) is 0 Å². The van der Waals surface area contributed by atoms with Gasteiger partial charge in [0.25, 0.3) is 0 Å². The van der Waals surface area contributed by atoms with E-state index in [1.165, 1.54) is 0 Å². The summed E-state index contributed by atoms with van der Waals surface area (Å²) in [6, 6.07) is 7.30. The lowest BCUT2D eigenvalue weighted by atomic mass is 10.2. The third kappa shape index (κ3) is 3.64. The van der Waals surface area contributed by atoms with E-state index in [-0.39, 0.29) is 5.91 Å². The van der Waals surface area contributed by atoms with Crippen molar-refractivity contribution in [1.29, 1.82) is 0 Å². The third-order valence-corrected chi connectivity index (χ3v) is 2.83. The first-order valence-electron chi connectivity index (χ1n) is 6.45. The molecule has 0 aliphatic rings. The fourth-order valence-electron chi connectivity index (χ4n) is 1.73. The van der Waals surface area contributed by atoms with Gasteiger partial charge in [-0.2, -0.15) is 0 Å². The average Bonchev–Trinajstić information content (AvgIpc) is 2.47. The van der Waals surface area contributed by atoms with Crippen LogP contribution in [0.3, 0.4) is 0 Å². The number of benzene rings is 1.